The molecule has 1 saturated heterocycles. The van der Waals surface area contributed by atoms with E-state index in [1.54, 1.807) is 26.8 Å². The number of nitrogens with two attached hydrogens (primary N) is 1. The molecule has 2 heterocycles. The molecule has 2 atom stereocenters. The average Bonchev–Trinajstić information content (AvgIpc) is 3.36. The van der Waals surface area contributed by atoms with Gasteiger partial charge < -0.3 is 25.8 Å². The van der Waals surface area contributed by atoms with Gasteiger partial charge in [0, 0.05) is 31.6 Å². The van der Waals surface area contributed by atoms with Crippen molar-refractivity contribution in [1.29, 1.82) is 0 Å². The first-order chi connectivity index (χ1) is 19.3. The molecule has 0 radical (unpaired) electrons. The highest BCUT2D eigenvalue weighted by atomic mass is 35.5. The minimum absolute atomic E-state index is 0.0496. The minimum Gasteiger partial charge on any atom is -0.458 e. The Balaban J connectivity index is 1.43. The molecule has 224 valence electrons. The molecule has 1 aliphatic heterocycles. The Hall–Kier alpha value is -2.42. The predicted octanol–water partition coefficient (Wildman–Crippen LogP) is 2.87. The molecule has 11 nitrogen and oxygen atoms in total. The van der Waals surface area contributed by atoms with Crippen LogP contribution in [0.25, 0.3) is 0 Å². The number of morpholine rings is 1. The molecule has 0 spiro atoms. The number of esters is 1. The van der Waals surface area contributed by atoms with E-state index >= 15 is 0 Å². The molecule has 0 saturated carbocycles. The Bertz CT molecular complexity index is 1260. The van der Waals surface area contributed by atoms with Crippen LogP contribution in [0.15, 0.2) is 27.9 Å². The van der Waals surface area contributed by atoms with Crippen LogP contribution in [0.3, 0.4) is 0 Å². The number of carbonyl (C=O) groups excluding carboxylic acids is 4. The van der Waals surface area contributed by atoms with Gasteiger partial charge in [-0.1, -0.05) is 41.0 Å². The summed E-state index contributed by atoms with van der Waals surface area (Å²) in [6.45, 7) is 8.03. The van der Waals surface area contributed by atoms with E-state index in [2.05, 4.69) is 20.5 Å². The monoisotopic (exact) mass is 645 g/mol. The summed E-state index contributed by atoms with van der Waals surface area (Å²) in [7, 11) is 0. The van der Waals surface area contributed by atoms with Crippen molar-refractivity contribution in [1.82, 2.24) is 20.5 Å². The molecule has 4 N–H and O–H groups in total. The lowest BCUT2D eigenvalue weighted by molar-refractivity contribution is -0.158. The van der Waals surface area contributed by atoms with Gasteiger partial charge in [0.15, 0.2) is 4.34 Å². The molecule has 1 aromatic carbocycles. The Kier molecular flexibility index (Phi) is 12.2. The van der Waals surface area contributed by atoms with E-state index in [1.807, 2.05) is 12.1 Å². The third kappa shape index (κ3) is 11.4. The van der Waals surface area contributed by atoms with Crippen molar-refractivity contribution in [3.05, 3.63) is 44.9 Å². The van der Waals surface area contributed by atoms with Crippen LogP contribution in [0.4, 0.5) is 0 Å². The van der Waals surface area contributed by atoms with E-state index in [0.717, 1.165) is 12.1 Å². The molecule has 3 rings (SSSR count). The number of aromatic nitrogens is 1. The Labute approximate surface area is 256 Å². The fourth-order valence-corrected chi connectivity index (χ4v) is 5.73. The van der Waals surface area contributed by atoms with Crippen molar-refractivity contribution in [3.63, 3.8) is 0 Å². The zero-order chi connectivity index (χ0) is 30.2. The molecular weight excluding hydrogens is 613 g/mol. The van der Waals surface area contributed by atoms with Crippen molar-refractivity contribution in [3.8, 4) is 0 Å². The molecular formula is C26H33Cl2N5O6S2. The maximum absolute atomic E-state index is 12.7. The van der Waals surface area contributed by atoms with Gasteiger partial charge >= 0.3 is 5.97 Å². The van der Waals surface area contributed by atoms with Crippen LogP contribution in [0.5, 0.6) is 0 Å². The highest BCUT2D eigenvalue weighted by molar-refractivity contribution is 8.01. The standard InChI is InChI=1S/C26H33Cl2N5O6S2/c1-26(2,3)39-24(37)19(9-21(29)34)31-23(36)20-13-40-25(32-20)41-14-22(35)30-10-16-12-33(6-7-38-16)11-15-4-5-17(27)18(28)8-15/h4-5,8,13,16,19H,6-7,9-12,14H2,1-3H3,(H2,29,34)(H,30,35)(H,31,36)/t16-,19-/m0/s1. The van der Waals surface area contributed by atoms with E-state index in [1.165, 1.54) is 28.5 Å². The minimum atomic E-state index is -1.25. The number of thioether (sulfide) groups is 1. The van der Waals surface area contributed by atoms with Crippen LogP contribution in [-0.2, 0) is 30.4 Å². The highest BCUT2D eigenvalue weighted by Crippen LogP contribution is 2.24. The summed E-state index contributed by atoms with van der Waals surface area (Å²) in [6.07, 6.45) is -0.571. The third-order valence-electron chi connectivity index (χ3n) is 5.58. The van der Waals surface area contributed by atoms with Gasteiger partial charge in [-0.15, -0.1) is 11.3 Å². The smallest absolute Gasteiger partial charge is 0.329 e. The SMILES string of the molecule is CC(C)(C)OC(=O)[C@H](CC(N)=O)NC(=O)c1csc(SCC(=O)NC[C@H]2CN(Cc3ccc(Cl)c(Cl)c3)CCO2)n1. The lowest BCUT2D eigenvalue weighted by Crippen LogP contribution is -2.47. The quantitative estimate of drug-likeness (QED) is 0.234. The van der Waals surface area contributed by atoms with Crippen LogP contribution in [0, 0.1) is 0 Å². The maximum Gasteiger partial charge on any atom is 0.329 e. The molecule has 3 amide bonds. The number of primary amides is 1. The van der Waals surface area contributed by atoms with Crippen molar-refractivity contribution in [2.75, 3.05) is 32.0 Å². The van der Waals surface area contributed by atoms with E-state index in [4.69, 9.17) is 38.4 Å². The fraction of sp³-hybridized carbons (Fsp3) is 0.500. The van der Waals surface area contributed by atoms with Gasteiger partial charge in [0.05, 0.1) is 34.9 Å². The number of benzene rings is 1. The Morgan fingerprint density at radius 2 is 2.02 bits per heavy atom. The van der Waals surface area contributed by atoms with E-state index in [-0.39, 0.29) is 23.5 Å². The number of hydrogen-bond acceptors (Lipinski definition) is 10. The molecule has 1 fully saturated rings. The van der Waals surface area contributed by atoms with E-state index in [9.17, 15) is 19.2 Å². The van der Waals surface area contributed by atoms with Gasteiger partial charge in [-0.05, 0) is 38.5 Å². The molecule has 41 heavy (non-hydrogen) atoms. The van der Waals surface area contributed by atoms with Crippen molar-refractivity contribution >= 4 is 70.0 Å². The normalized spacial score (nSPS) is 16.6. The van der Waals surface area contributed by atoms with Crippen molar-refractivity contribution in [2.45, 2.75) is 55.8 Å². The van der Waals surface area contributed by atoms with Gasteiger partial charge in [-0.2, -0.15) is 0 Å². The average molecular weight is 647 g/mol. The molecule has 0 bridgehead atoms. The van der Waals surface area contributed by atoms with Gasteiger partial charge in [-0.25, -0.2) is 9.78 Å². The predicted molar refractivity (Wildman–Crippen MR) is 158 cm³/mol. The zero-order valence-electron chi connectivity index (χ0n) is 22.9. The first kappa shape index (κ1) is 33.1. The van der Waals surface area contributed by atoms with Crippen LogP contribution in [-0.4, -0.2) is 83.3 Å². The van der Waals surface area contributed by atoms with Gasteiger partial charge in [0.25, 0.3) is 5.91 Å². The van der Waals surface area contributed by atoms with Crippen LogP contribution < -0.4 is 16.4 Å². The molecule has 15 heteroatoms. The number of halogens is 2. The van der Waals surface area contributed by atoms with Crippen LogP contribution >= 0.6 is 46.3 Å². The number of thiazole rings is 1. The molecule has 0 aliphatic carbocycles. The zero-order valence-corrected chi connectivity index (χ0v) is 26.1. The largest absolute Gasteiger partial charge is 0.458 e. The lowest BCUT2D eigenvalue weighted by Gasteiger charge is -2.33. The number of rotatable bonds is 12. The summed E-state index contributed by atoms with van der Waals surface area (Å²) in [6, 6.07) is 4.31. The molecule has 2 aromatic rings. The second-order valence-corrected chi connectivity index (χ2v) is 13.2. The number of nitrogens with one attached hydrogen (secondary N) is 2. The second kappa shape index (κ2) is 15.2. The number of ether oxygens (including phenoxy) is 2. The summed E-state index contributed by atoms with van der Waals surface area (Å²) >= 11 is 14.5. The first-order valence-corrected chi connectivity index (χ1v) is 15.4. The van der Waals surface area contributed by atoms with E-state index in [0.29, 0.717) is 40.6 Å². The van der Waals surface area contributed by atoms with Gasteiger partial charge in [0.1, 0.15) is 17.3 Å². The van der Waals surface area contributed by atoms with Crippen molar-refractivity contribution in [2.24, 2.45) is 5.73 Å². The third-order valence-corrected chi connectivity index (χ3v) is 8.34. The molecule has 0 unspecified atom stereocenters. The second-order valence-electron chi connectivity index (χ2n) is 10.3. The fourth-order valence-electron chi connectivity index (χ4n) is 3.78. The number of carbonyl (C=O) groups is 4. The lowest BCUT2D eigenvalue weighted by atomic mass is 10.1. The Morgan fingerprint density at radius 1 is 1.27 bits per heavy atom. The van der Waals surface area contributed by atoms with Gasteiger partial charge in [-0.3, -0.25) is 19.3 Å². The number of amides is 3. The summed E-state index contributed by atoms with van der Waals surface area (Å²) in [5, 5.41) is 7.87. The van der Waals surface area contributed by atoms with Gasteiger partial charge in [0.2, 0.25) is 11.8 Å². The molecule has 1 aromatic heterocycles. The van der Waals surface area contributed by atoms with Crippen LogP contribution in [0.1, 0.15) is 43.2 Å². The summed E-state index contributed by atoms with van der Waals surface area (Å²) in [5.41, 5.74) is 5.52. The summed E-state index contributed by atoms with van der Waals surface area (Å²) in [4.78, 5) is 55.4. The highest BCUT2D eigenvalue weighted by Gasteiger charge is 2.29. The molecule has 1 aliphatic rings. The summed E-state index contributed by atoms with van der Waals surface area (Å²) in [5.74, 6) is -2.30. The van der Waals surface area contributed by atoms with Crippen molar-refractivity contribution < 1.29 is 28.7 Å². The number of nitrogens with zero attached hydrogens (tertiary/aromatic N) is 2. The van der Waals surface area contributed by atoms with E-state index < -0.39 is 35.8 Å². The maximum atomic E-state index is 12.7. The van der Waals surface area contributed by atoms with Crippen LogP contribution in [0.2, 0.25) is 10.0 Å². The summed E-state index contributed by atoms with van der Waals surface area (Å²) < 4.78 is 11.6. The Morgan fingerprint density at radius 3 is 2.71 bits per heavy atom. The number of hydrogen-bond donors (Lipinski definition) is 3. The topological polar surface area (TPSA) is 153 Å². The first-order valence-electron chi connectivity index (χ1n) is 12.7.